The molecule has 1 aliphatic heterocycles. The predicted octanol–water partition coefficient (Wildman–Crippen LogP) is 4.66. The van der Waals surface area contributed by atoms with Crippen LogP contribution in [0.4, 0.5) is 5.69 Å². The lowest BCUT2D eigenvalue weighted by molar-refractivity contribution is -0.117. The Balaban J connectivity index is 1.36. The molecule has 35 heavy (non-hydrogen) atoms. The first-order chi connectivity index (χ1) is 17.0. The van der Waals surface area contributed by atoms with Gasteiger partial charge in [0.25, 0.3) is 0 Å². The molecule has 3 aromatic carbocycles. The van der Waals surface area contributed by atoms with Gasteiger partial charge in [-0.1, -0.05) is 23.7 Å². The van der Waals surface area contributed by atoms with Crippen molar-refractivity contribution in [2.75, 3.05) is 25.2 Å². The molecule has 0 radical (unpaired) electrons. The van der Waals surface area contributed by atoms with E-state index in [4.69, 9.17) is 26.1 Å². The lowest BCUT2D eigenvalue weighted by atomic mass is 10.1. The van der Waals surface area contributed by atoms with Crippen LogP contribution in [0.3, 0.4) is 0 Å². The summed E-state index contributed by atoms with van der Waals surface area (Å²) in [6.45, 7) is 0.942. The SMILES string of the molecule is COc1ccc(N2C[C@@H](c3nc4ccccc4n3C[C@H](O)COc3ccc(Cl)cc3)CC2=O)cc1. The van der Waals surface area contributed by atoms with Crippen LogP contribution in [0.15, 0.2) is 72.8 Å². The lowest BCUT2D eigenvalue weighted by Gasteiger charge is -2.19. The highest BCUT2D eigenvalue weighted by molar-refractivity contribution is 6.30. The molecule has 1 saturated heterocycles. The average molecular weight is 492 g/mol. The molecule has 4 aromatic rings. The molecule has 0 saturated carbocycles. The van der Waals surface area contributed by atoms with Crippen molar-refractivity contribution in [3.63, 3.8) is 0 Å². The smallest absolute Gasteiger partial charge is 0.227 e. The van der Waals surface area contributed by atoms with E-state index >= 15 is 0 Å². The molecular formula is C27H26ClN3O4. The van der Waals surface area contributed by atoms with Crippen LogP contribution in [0.1, 0.15) is 18.2 Å². The second kappa shape index (κ2) is 9.98. The Kier molecular flexibility index (Phi) is 6.61. The van der Waals surface area contributed by atoms with Crippen molar-refractivity contribution in [3.05, 3.63) is 83.6 Å². The Labute approximate surface area is 208 Å². The maximum atomic E-state index is 12.9. The second-order valence-corrected chi connectivity index (χ2v) is 9.03. The fourth-order valence-corrected chi connectivity index (χ4v) is 4.60. The van der Waals surface area contributed by atoms with E-state index in [1.165, 1.54) is 0 Å². The van der Waals surface area contributed by atoms with Crippen LogP contribution in [0, 0.1) is 0 Å². The molecule has 1 aromatic heterocycles. The number of hydrogen-bond donors (Lipinski definition) is 1. The number of ether oxygens (including phenoxy) is 2. The first kappa shape index (κ1) is 23.2. The van der Waals surface area contributed by atoms with Gasteiger partial charge in [0.15, 0.2) is 0 Å². The molecule has 8 heteroatoms. The number of carbonyl (C=O) groups excluding carboxylic acids is 1. The summed E-state index contributed by atoms with van der Waals surface area (Å²) in [5.74, 6) is 2.13. The zero-order chi connectivity index (χ0) is 24.4. The predicted molar refractivity (Wildman–Crippen MR) is 135 cm³/mol. The van der Waals surface area contributed by atoms with Gasteiger partial charge in [0, 0.05) is 29.6 Å². The molecule has 180 valence electrons. The van der Waals surface area contributed by atoms with Gasteiger partial charge in [-0.15, -0.1) is 0 Å². The van der Waals surface area contributed by atoms with Crippen LogP contribution in [0.25, 0.3) is 11.0 Å². The van der Waals surface area contributed by atoms with E-state index in [2.05, 4.69) is 0 Å². The van der Waals surface area contributed by atoms with E-state index in [1.807, 2.05) is 53.1 Å². The number of aromatic nitrogens is 2. The molecule has 0 aliphatic carbocycles. The summed E-state index contributed by atoms with van der Waals surface area (Å²) in [6, 6.07) is 22.3. The van der Waals surface area contributed by atoms with Crippen LogP contribution in [-0.4, -0.2) is 46.9 Å². The Hall–Kier alpha value is -3.55. The molecule has 0 spiro atoms. The van der Waals surface area contributed by atoms with Gasteiger partial charge in [0.1, 0.15) is 30.0 Å². The highest BCUT2D eigenvalue weighted by Gasteiger charge is 2.35. The number of para-hydroxylation sites is 2. The number of halogens is 1. The van der Waals surface area contributed by atoms with Gasteiger partial charge in [-0.25, -0.2) is 4.98 Å². The highest BCUT2D eigenvalue weighted by atomic mass is 35.5. The summed E-state index contributed by atoms with van der Waals surface area (Å²) < 4.78 is 13.0. The fraction of sp³-hybridized carbons (Fsp3) is 0.259. The molecule has 1 aliphatic rings. The van der Waals surface area contributed by atoms with Crippen LogP contribution in [0.2, 0.25) is 5.02 Å². The van der Waals surface area contributed by atoms with Gasteiger partial charge in [-0.05, 0) is 60.7 Å². The van der Waals surface area contributed by atoms with E-state index in [0.29, 0.717) is 30.3 Å². The monoisotopic (exact) mass is 491 g/mol. The van der Waals surface area contributed by atoms with Gasteiger partial charge >= 0.3 is 0 Å². The molecule has 0 unspecified atom stereocenters. The minimum Gasteiger partial charge on any atom is -0.497 e. The first-order valence-corrected chi connectivity index (χ1v) is 11.9. The van der Waals surface area contributed by atoms with E-state index in [-0.39, 0.29) is 18.4 Å². The largest absolute Gasteiger partial charge is 0.497 e. The van der Waals surface area contributed by atoms with Gasteiger partial charge in [0.05, 0.1) is 24.7 Å². The van der Waals surface area contributed by atoms with E-state index < -0.39 is 6.10 Å². The van der Waals surface area contributed by atoms with Crippen LogP contribution in [0.5, 0.6) is 11.5 Å². The molecule has 7 nitrogen and oxygen atoms in total. The number of imidazole rings is 1. The molecule has 1 N–H and O–H groups in total. The minimum absolute atomic E-state index is 0.0467. The summed E-state index contributed by atoms with van der Waals surface area (Å²) in [5, 5.41) is 11.4. The third-order valence-corrected chi connectivity index (χ3v) is 6.46. The molecule has 2 atom stereocenters. The van der Waals surface area contributed by atoms with Crippen molar-refractivity contribution in [3.8, 4) is 11.5 Å². The third kappa shape index (κ3) is 4.97. The Bertz CT molecular complexity index is 1320. The van der Waals surface area contributed by atoms with E-state index in [9.17, 15) is 9.90 Å². The number of aliphatic hydroxyl groups excluding tert-OH is 1. The lowest BCUT2D eigenvalue weighted by Crippen LogP contribution is -2.26. The molecule has 1 amide bonds. The second-order valence-electron chi connectivity index (χ2n) is 8.59. The van der Waals surface area contributed by atoms with Crippen LogP contribution >= 0.6 is 11.6 Å². The Morgan fingerprint density at radius 3 is 2.51 bits per heavy atom. The quantitative estimate of drug-likeness (QED) is 0.388. The highest BCUT2D eigenvalue weighted by Crippen LogP contribution is 2.34. The number of benzene rings is 3. The number of nitrogens with zero attached hydrogens (tertiary/aromatic N) is 3. The number of fused-ring (bicyclic) bond motifs is 1. The van der Waals surface area contributed by atoms with Crippen molar-refractivity contribution in [2.24, 2.45) is 0 Å². The van der Waals surface area contributed by atoms with Gasteiger partial charge < -0.3 is 24.0 Å². The summed E-state index contributed by atoms with van der Waals surface area (Å²) in [4.78, 5) is 19.6. The third-order valence-electron chi connectivity index (χ3n) is 6.21. The zero-order valence-corrected chi connectivity index (χ0v) is 20.1. The maximum Gasteiger partial charge on any atom is 0.227 e. The van der Waals surface area contributed by atoms with Crippen molar-refractivity contribution < 1.29 is 19.4 Å². The number of carbonyl (C=O) groups is 1. The topological polar surface area (TPSA) is 76.8 Å². The van der Waals surface area contributed by atoms with Crippen LogP contribution in [-0.2, 0) is 11.3 Å². The van der Waals surface area contributed by atoms with Crippen LogP contribution < -0.4 is 14.4 Å². The Morgan fingerprint density at radius 2 is 1.77 bits per heavy atom. The zero-order valence-electron chi connectivity index (χ0n) is 19.3. The molecule has 2 heterocycles. The molecular weight excluding hydrogens is 466 g/mol. The number of hydrogen-bond acceptors (Lipinski definition) is 5. The summed E-state index contributed by atoms with van der Waals surface area (Å²) >= 11 is 5.93. The first-order valence-electron chi connectivity index (χ1n) is 11.5. The molecule has 1 fully saturated rings. The van der Waals surface area contributed by atoms with E-state index in [0.717, 1.165) is 28.3 Å². The number of rotatable bonds is 8. The van der Waals surface area contributed by atoms with Crippen molar-refractivity contribution in [1.29, 1.82) is 0 Å². The summed E-state index contributed by atoms with van der Waals surface area (Å²) in [6.07, 6.45) is -0.413. The maximum absolute atomic E-state index is 12.9. The average Bonchev–Trinajstić information content (AvgIpc) is 3.44. The van der Waals surface area contributed by atoms with Gasteiger partial charge in [0.2, 0.25) is 5.91 Å². The standard InChI is InChI=1S/C27H26ClN3O4/c1-34-22-12-8-20(9-13-22)30-15-18(14-26(30)33)27-29-24-4-2-3-5-25(24)31(27)16-21(32)17-35-23-10-6-19(28)7-11-23/h2-13,18,21,32H,14-17H2,1H3/t18-,21-/m0/s1. The van der Waals surface area contributed by atoms with Gasteiger partial charge in [-0.2, -0.15) is 0 Å². The fourth-order valence-electron chi connectivity index (χ4n) is 4.48. The number of amides is 1. The summed E-state index contributed by atoms with van der Waals surface area (Å²) in [5.41, 5.74) is 2.59. The Morgan fingerprint density at radius 1 is 1.06 bits per heavy atom. The molecule has 5 rings (SSSR count). The van der Waals surface area contributed by atoms with Gasteiger partial charge in [-0.3, -0.25) is 4.79 Å². The van der Waals surface area contributed by atoms with E-state index in [1.54, 1.807) is 36.3 Å². The number of aliphatic hydroxyl groups is 1. The van der Waals surface area contributed by atoms with Crippen molar-refractivity contribution in [1.82, 2.24) is 9.55 Å². The van der Waals surface area contributed by atoms with Crippen molar-refractivity contribution >= 4 is 34.2 Å². The number of anilines is 1. The molecule has 0 bridgehead atoms. The summed E-state index contributed by atoms with van der Waals surface area (Å²) in [7, 11) is 1.62. The normalized spacial score (nSPS) is 16.6. The minimum atomic E-state index is -0.767. The van der Waals surface area contributed by atoms with Crippen molar-refractivity contribution in [2.45, 2.75) is 25.0 Å². The number of methoxy groups -OCH3 is 1.